The average molecular weight is 308 g/mol. The third-order valence-corrected chi connectivity index (χ3v) is 4.15. The van der Waals surface area contributed by atoms with Gasteiger partial charge in [0.1, 0.15) is 6.07 Å². The second-order valence-electron chi connectivity index (χ2n) is 3.98. The number of nitrogens with two attached hydrogens (primary N) is 1. The fourth-order valence-electron chi connectivity index (χ4n) is 1.55. The summed E-state index contributed by atoms with van der Waals surface area (Å²) in [6, 6.07) is 12.0. The highest BCUT2D eigenvalue weighted by Crippen LogP contribution is 2.23. The van der Waals surface area contributed by atoms with Gasteiger partial charge in [-0.1, -0.05) is 11.6 Å². The minimum atomic E-state index is -3.79. The van der Waals surface area contributed by atoms with Gasteiger partial charge in [-0.2, -0.15) is 5.26 Å². The highest BCUT2D eigenvalue weighted by Gasteiger charge is 2.16. The summed E-state index contributed by atoms with van der Waals surface area (Å²) in [5.74, 6) is 0. The third-order valence-electron chi connectivity index (χ3n) is 2.54. The van der Waals surface area contributed by atoms with Crippen LogP contribution in [0.25, 0.3) is 0 Å². The second-order valence-corrected chi connectivity index (χ2v) is 6.10. The van der Waals surface area contributed by atoms with Crippen LogP contribution in [-0.4, -0.2) is 8.42 Å². The Labute approximate surface area is 121 Å². The summed E-state index contributed by atoms with van der Waals surface area (Å²) < 4.78 is 26.7. The molecular formula is C13H10ClN3O2S. The molecule has 0 aliphatic heterocycles. The number of rotatable bonds is 3. The Morgan fingerprint density at radius 3 is 2.40 bits per heavy atom. The quantitative estimate of drug-likeness (QED) is 0.852. The first-order chi connectivity index (χ1) is 9.42. The molecule has 0 bridgehead atoms. The van der Waals surface area contributed by atoms with E-state index in [1.165, 1.54) is 42.5 Å². The summed E-state index contributed by atoms with van der Waals surface area (Å²) in [6.07, 6.45) is 0. The van der Waals surface area contributed by atoms with Crippen LogP contribution >= 0.6 is 11.6 Å². The highest BCUT2D eigenvalue weighted by atomic mass is 35.5. The molecule has 2 rings (SSSR count). The van der Waals surface area contributed by atoms with Gasteiger partial charge in [0.25, 0.3) is 10.0 Å². The normalized spacial score (nSPS) is 10.8. The van der Waals surface area contributed by atoms with E-state index in [1.807, 2.05) is 6.07 Å². The SMILES string of the molecule is N#Cc1ccc(Cl)cc1NS(=O)(=O)c1ccc(N)cc1. The molecular weight excluding hydrogens is 298 g/mol. The molecule has 0 aliphatic rings. The van der Waals surface area contributed by atoms with Crippen molar-refractivity contribution in [1.82, 2.24) is 0 Å². The van der Waals surface area contributed by atoms with Crippen LogP contribution in [0.2, 0.25) is 5.02 Å². The Hall–Kier alpha value is -2.23. The smallest absolute Gasteiger partial charge is 0.261 e. The van der Waals surface area contributed by atoms with E-state index >= 15 is 0 Å². The van der Waals surface area contributed by atoms with Crippen molar-refractivity contribution in [1.29, 1.82) is 5.26 Å². The largest absolute Gasteiger partial charge is 0.399 e. The number of nitriles is 1. The molecule has 102 valence electrons. The van der Waals surface area contributed by atoms with Crippen molar-refractivity contribution in [2.75, 3.05) is 10.5 Å². The van der Waals surface area contributed by atoms with Crippen molar-refractivity contribution in [3.63, 3.8) is 0 Å². The lowest BCUT2D eigenvalue weighted by atomic mass is 10.2. The number of nitrogens with zero attached hydrogens (tertiary/aromatic N) is 1. The predicted molar refractivity (Wildman–Crippen MR) is 77.8 cm³/mol. The monoisotopic (exact) mass is 307 g/mol. The standard InChI is InChI=1S/C13H10ClN3O2S/c14-10-2-1-9(8-15)13(7-10)17-20(18,19)12-5-3-11(16)4-6-12/h1-7,17H,16H2. The number of nitrogens with one attached hydrogen (secondary N) is 1. The molecule has 0 unspecified atom stereocenters. The van der Waals surface area contributed by atoms with Crippen molar-refractivity contribution in [3.05, 3.63) is 53.1 Å². The molecule has 5 nitrogen and oxygen atoms in total. The molecule has 0 aliphatic carbocycles. The van der Waals surface area contributed by atoms with Gasteiger partial charge in [-0.25, -0.2) is 8.42 Å². The number of nitrogen functional groups attached to an aromatic ring is 1. The van der Waals surface area contributed by atoms with Gasteiger partial charge in [-0.15, -0.1) is 0 Å². The second kappa shape index (κ2) is 5.41. The molecule has 2 aromatic carbocycles. The molecule has 3 N–H and O–H groups in total. The molecule has 2 aromatic rings. The van der Waals surface area contributed by atoms with Crippen molar-refractivity contribution in [2.24, 2.45) is 0 Å². The lowest BCUT2D eigenvalue weighted by Crippen LogP contribution is -2.13. The van der Waals surface area contributed by atoms with E-state index in [1.54, 1.807) is 0 Å². The molecule has 0 atom stereocenters. The van der Waals surface area contributed by atoms with Crippen LogP contribution in [0.15, 0.2) is 47.4 Å². The summed E-state index contributed by atoms with van der Waals surface area (Å²) in [5, 5.41) is 9.30. The van der Waals surface area contributed by atoms with Gasteiger partial charge in [0.2, 0.25) is 0 Å². The molecule has 0 amide bonds. The van der Waals surface area contributed by atoms with E-state index in [9.17, 15) is 8.42 Å². The predicted octanol–water partition coefficient (Wildman–Crippen LogP) is 2.59. The first kappa shape index (κ1) is 14.2. The Kier molecular flexibility index (Phi) is 3.84. The van der Waals surface area contributed by atoms with E-state index in [0.29, 0.717) is 10.7 Å². The van der Waals surface area contributed by atoms with Crippen LogP contribution in [0.4, 0.5) is 11.4 Å². The molecule has 0 radical (unpaired) electrons. The summed E-state index contributed by atoms with van der Waals surface area (Å²) >= 11 is 5.81. The summed E-state index contributed by atoms with van der Waals surface area (Å²) in [5.41, 5.74) is 6.30. The van der Waals surface area contributed by atoms with Crippen LogP contribution < -0.4 is 10.5 Å². The third kappa shape index (κ3) is 3.02. The first-order valence-corrected chi connectivity index (χ1v) is 7.36. The van der Waals surface area contributed by atoms with Crippen LogP contribution in [0.1, 0.15) is 5.56 Å². The van der Waals surface area contributed by atoms with Gasteiger partial charge in [0, 0.05) is 10.7 Å². The molecule has 0 saturated carbocycles. The van der Waals surface area contributed by atoms with Crippen molar-refractivity contribution < 1.29 is 8.42 Å². The molecule has 0 fully saturated rings. The van der Waals surface area contributed by atoms with E-state index < -0.39 is 10.0 Å². The summed E-state index contributed by atoms with van der Waals surface area (Å²) in [4.78, 5) is 0.0514. The average Bonchev–Trinajstić information content (AvgIpc) is 2.39. The van der Waals surface area contributed by atoms with E-state index in [4.69, 9.17) is 22.6 Å². The minimum Gasteiger partial charge on any atom is -0.399 e. The van der Waals surface area contributed by atoms with Gasteiger partial charge in [-0.05, 0) is 42.5 Å². The molecule has 20 heavy (non-hydrogen) atoms. The van der Waals surface area contributed by atoms with E-state index in [0.717, 1.165) is 0 Å². The van der Waals surface area contributed by atoms with Gasteiger partial charge < -0.3 is 5.73 Å². The maximum absolute atomic E-state index is 12.2. The summed E-state index contributed by atoms with van der Waals surface area (Å²) in [7, 11) is -3.79. The molecule has 0 heterocycles. The number of sulfonamides is 1. The van der Waals surface area contributed by atoms with Crippen molar-refractivity contribution in [2.45, 2.75) is 4.90 Å². The zero-order chi connectivity index (χ0) is 14.8. The fraction of sp³-hybridized carbons (Fsp3) is 0. The number of hydrogen-bond donors (Lipinski definition) is 2. The topological polar surface area (TPSA) is 96.0 Å². The molecule has 0 spiro atoms. The van der Waals surface area contributed by atoms with Gasteiger partial charge >= 0.3 is 0 Å². The van der Waals surface area contributed by atoms with Crippen LogP contribution in [-0.2, 0) is 10.0 Å². The lowest BCUT2D eigenvalue weighted by molar-refractivity contribution is 0.601. The maximum Gasteiger partial charge on any atom is 0.261 e. The Morgan fingerprint density at radius 1 is 1.15 bits per heavy atom. The zero-order valence-electron chi connectivity index (χ0n) is 10.2. The number of halogens is 1. The number of benzene rings is 2. The molecule has 0 saturated heterocycles. The van der Waals surface area contributed by atoms with Gasteiger partial charge in [0.15, 0.2) is 0 Å². The fourth-order valence-corrected chi connectivity index (χ4v) is 2.79. The lowest BCUT2D eigenvalue weighted by Gasteiger charge is -2.10. The Morgan fingerprint density at radius 2 is 1.80 bits per heavy atom. The van der Waals surface area contributed by atoms with Crippen molar-refractivity contribution in [3.8, 4) is 6.07 Å². The van der Waals surface area contributed by atoms with Gasteiger partial charge in [0.05, 0.1) is 16.1 Å². The number of hydrogen-bond acceptors (Lipinski definition) is 4. The number of anilines is 2. The van der Waals surface area contributed by atoms with Crippen molar-refractivity contribution >= 4 is 33.0 Å². The van der Waals surface area contributed by atoms with Crippen LogP contribution in [0.5, 0.6) is 0 Å². The zero-order valence-corrected chi connectivity index (χ0v) is 11.7. The van der Waals surface area contributed by atoms with Crippen LogP contribution in [0, 0.1) is 11.3 Å². The highest BCUT2D eigenvalue weighted by molar-refractivity contribution is 7.92. The maximum atomic E-state index is 12.2. The van der Waals surface area contributed by atoms with E-state index in [-0.39, 0.29) is 16.1 Å². The molecule has 7 heteroatoms. The Bertz CT molecular complexity index is 780. The van der Waals surface area contributed by atoms with E-state index in [2.05, 4.69) is 4.72 Å². The Balaban J connectivity index is 2.41. The van der Waals surface area contributed by atoms with Crippen LogP contribution in [0.3, 0.4) is 0 Å². The summed E-state index contributed by atoms with van der Waals surface area (Å²) in [6.45, 7) is 0. The molecule has 0 aromatic heterocycles. The minimum absolute atomic E-state index is 0.0514. The van der Waals surface area contributed by atoms with Gasteiger partial charge in [-0.3, -0.25) is 4.72 Å². The first-order valence-electron chi connectivity index (χ1n) is 5.50.